The van der Waals surface area contributed by atoms with Gasteiger partial charge in [0.25, 0.3) is 0 Å². The summed E-state index contributed by atoms with van der Waals surface area (Å²) in [6.07, 6.45) is 1.59. The molecule has 0 aliphatic carbocycles. The van der Waals surface area contributed by atoms with Crippen molar-refractivity contribution in [3.63, 3.8) is 0 Å². The highest BCUT2D eigenvalue weighted by Gasteiger charge is 2.11. The molecule has 2 rings (SSSR count). The van der Waals surface area contributed by atoms with Crippen molar-refractivity contribution in [2.45, 2.75) is 25.8 Å². The maximum atomic E-state index is 13.2. The smallest absolute Gasteiger partial charge is 0.123 e. The lowest BCUT2D eigenvalue weighted by Gasteiger charge is -2.16. The lowest BCUT2D eigenvalue weighted by Crippen LogP contribution is -2.38. The number of nitrogens with one attached hydrogen (secondary N) is 1. The number of aryl methyl sites for hydroxylation is 1. The average molecular weight is 264 g/mol. The molecular formula is C14H17FN2S. The van der Waals surface area contributed by atoms with Gasteiger partial charge in [0.1, 0.15) is 5.82 Å². The minimum Gasteiger partial charge on any atom is -0.271 e. The monoisotopic (exact) mass is 264 g/mol. The molecule has 2 aromatic rings. The van der Waals surface area contributed by atoms with E-state index in [0.29, 0.717) is 0 Å². The first kappa shape index (κ1) is 13.2. The summed E-state index contributed by atoms with van der Waals surface area (Å²) in [4.78, 5) is 0. The number of rotatable bonds is 5. The predicted molar refractivity (Wildman–Crippen MR) is 74.0 cm³/mol. The molecule has 0 amide bonds. The van der Waals surface area contributed by atoms with Crippen molar-refractivity contribution in [1.29, 1.82) is 0 Å². The van der Waals surface area contributed by atoms with Gasteiger partial charge in [-0.15, -0.1) is 0 Å². The zero-order valence-electron chi connectivity index (χ0n) is 10.3. The molecule has 0 radical (unpaired) electrons. The van der Waals surface area contributed by atoms with Gasteiger partial charge in [0.05, 0.1) is 0 Å². The molecule has 0 bridgehead atoms. The fraction of sp³-hybridized carbons (Fsp3) is 0.286. The van der Waals surface area contributed by atoms with Crippen molar-refractivity contribution in [3.05, 3.63) is 57.5 Å². The van der Waals surface area contributed by atoms with Crippen molar-refractivity contribution < 1.29 is 4.39 Å². The maximum Gasteiger partial charge on any atom is 0.123 e. The molecule has 0 saturated carbocycles. The molecule has 96 valence electrons. The number of hydrazine groups is 1. The van der Waals surface area contributed by atoms with Gasteiger partial charge in [0.2, 0.25) is 0 Å². The van der Waals surface area contributed by atoms with Crippen molar-refractivity contribution >= 4 is 11.3 Å². The third-order valence-corrected chi connectivity index (χ3v) is 3.81. The highest BCUT2D eigenvalue weighted by molar-refractivity contribution is 7.07. The van der Waals surface area contributed by atoms with Crippen molar-refractivity contribution in [2.75, 3.05) is 0 Å². The fourth-order valence-electron chi connectivity index (χ4n) is 2.01. The Morgan fingerprint density at radius 2 is 2.17 bits per heavy atom. The number of thiophene rings is 1. The largest absolute Gasteiger partial charge is 0.271 e. The van der Waals surface area contributed by atoms with E-state index in [-0.39, 0.29) is 11.9 Å². The summed E-state index contributed by atoms with van der Waals surface area (Å²) in [6, 6.07) is 7.10. The van der Waals surface area contributed by atoms with Crippen molar-refractivity contribution in [1.82, 2.24) is 5.43 Å². The number of benzene rings is 1. The van der Waals surface area contributed by atoms with Gasteiger partial charge < -0.3 is 0 Å². The van der Waals surface area contributed by atoms with Crippen LogP contribution in [0.4, 0.5) is 4.39 Å². The van der Waals surface area contributed by atoms with Crippen LogP contribution in [0.25, 0.3) is 0 Å². The minimum atomic E-state index is -0.193. The van der Waals surface area contributed by atoms with Crippen LogP contribution >= 0.6 is 11.3 Å². The Kier molecular flexibility index (Phi) is 4.47. The average Bonchev–Trinajstić information content (AvgIpc) is 2.85. The van der Waals surface area contributed by atoms with Gasteiger partial charge in [-0.3, -0.25) is 11.3 Å². The standard InChI is InChI=1S/C14H17FN2S/c1-10-2-3-13(15)7-12(10)8-14(17-16)6-11-4-5-18-9-11/h2-5,7,9,14,17H,6,8,16H2,1H3. The van der Waals surface area contributed by atoms with E-state index in [4.69, 9.17) is 5.84 Å². The highest BCUT2D eigenvalue weighted by Crippen LogP contribution is 2.15. The second kappa shape index (κ2) is 6.09. The molecule has 0 saturated heterocycles. The Morgan fingerprint density at radius 1 is 1.33 bits per heavy atom. The summed E-state index contributed by atoms with van der Waals surface area (Å²) in [6.45, 7) is 1.99. The van der Waals surface area contributed by atoms with Gasteiger partial charge in [-0.2, -0.15) is 11.3 Å². The van der Waals surface area contributed by atoms with Crippen LogP contribution in [-0.2, 0) is 12.8 Å². The normalized spacial score (nSPS) is 12.6. The number of hydrogen-bond donors (Lipinski definition) is 2. The van der Waals surface area contributed by atoms with E-state index in [0.717, 1.165) is 24.0 Å². The summed E-state index contributed by atoms with van der Waals surface area (Å²) >= 11 is 1.68. The third kappa shape index (κ3) is 3.38. The molecule has 0 aliphatic heterocycles. The van der Waals surface area contributed by atoms with Crippen molar-refractivity contribution in [2.24, 2.45) is 5.84 Å². The second-order valence-electron chi connectivity index (χ2n) is 4.47. The van der Waals surface area contributed by atoms with E-state index in [1.165, 1.54) is 11.6 Å². The Labute approximate surface area is 111 Å². The Morgan fingerprint density at radius 3 is 2.83 bits per heavy atom. The molecule has 0 fully saturated rings. The quantitative estimate of drug-likeness (QED) is 0.644. The molecule has 0 aliphatic rings. The number of nitrogens with two attached hydrogens (primary N) is 1. The molecule has 4 heteroatoms. The van der Waals surface area contributed by atoms with Gasteiger partial charge >= 0.3 is 0 Å². The van der Waals surface area contributed by atoms with E-state index in [1.807, 2.05) is 13.0 Å². The lowest BCUT2D eigenvalue weighted by atomic mass is 9.97. The predicted octanol–water partition coefficient (Wildman–Crippen LogP) is 2.81. The molecule has 18 heavy (non-hydrogen) atoms. The molecular weight excluding hydrogens is 247 g/mol. The molecule has 2 nitrogen and oxygen atoms in total. The fourth-order valence-corrected chi connectivity index (χ4v) is 2.69. The van der Waals surface area contributed by atoms with Gasteiger partial charge in [-0.1, -0.05) is 6.07 Å². The van der Waals surface area contributed by atoms with E-state index >= 15 is 0 Å². The van der Waals surface area contributed by atoms with Crippen LogP contribution in [0.5, 0.6) is 0 Å². The van der Waals surface area contributed by atoms with Crippen LogP contribution in [0.15, 0.2) is 35.0 Å². The first-order valence-corrected chi connectivity index (χ1v) is 6.85. The summed E-state index contributed by atoms with van der Waals surface area (Å²) in [7, 11) is 0. The molecule has 1 unspecified atom stereocenters. The minimum absolute atomic E-state index is 0.125. The molecule has 1 aromatic heterocycles. The van der Waals surface area contributed by atoms with E-state index in [2.05, 4.69) is 22.3 Å². The topological polar surface area (TPSA) is 38.0 Å². The van der Waals surface area contributed by atoms with Crippen LogP contribution < -0.4 is 11.3 Å². The lowest BCUT2D eigenvalue weighted by molar-refractivity contribution is 0.520. The van der Waals surface area contributed by atoms with Crippen LogP contribution in [0.3, 0.4) is 0 Å². The molecule has 1 atom stereocenters. The third-order valence-electron chi connectivity index (χ3n) is 3.08. The first-order chi connectivity index (χ1) is 8.69. The van der Waals surface area contributed by atoms with E-state index in [1.54, 1.807) is 17.4 Å². The van der Waals surface area contributed by atoms with Crippen LogP contribution in [-0.4, -0.2) is 6.04 Å². The van der Waals surface area contributed by atoms with Gasteiger partial charge in [-0.05, 0) is 65.4 Å². The summed E-state index contributed by atoms with van der Waals surface area (Å²) in [5, 5.41) is 4.17. The summed E-state index contributed by atoms with van der Waals surface area (Å²) in [5.41, 5.74) is 6.19. The van der Waals surface area contributed by atoms with Crippen LogP contribution in [0.1, 0.15) is 16.7 Å². The number of halogens is 1. The molecule has 1 heterocycles. The SMILES string of the molecule is Cc1ccc(F)cc1CC(Cc1ccsc1)NN. The van der Waals surface area contributed by atoms with Crippen molar-refractivity contribution in [3.8, 4) is 0 Å². The van der Waals surface area contributed by atoms with Gasteiger partial charge in [0.15, 0.2) is 0 Å². The summed E-state index contributed by atoms with van der Waals surface area (Å²) in [5.74, 6) is 5.39. The van der Waals surface area contributed by atoms with E-state index in [9.17, 15) is 4.39 Å². The van der Waals surface area contributed by atoms with Crippen LogP contribution in [0, 0.1) is 12.7 Å². The molecule has 0 spiro atoms. The van der Waals surface area contributed by atoms with Gasteiger partial charge in [-0.25, -0.2) is 4.39 Å². The molecule has 1 aromatic carbocycles. The zero-order valence-corrected chi connectivity index (χ0v) is 11.1. The van der Waals surface area contributed by atoms with Crippen LogP contribution in [0.2, 0.25) is 0 Å². The highest BCUT2D eigenvalue weighted by atomic mass is 32.1. The van der Waals surface area contributed by atoms with Gasteiger partial charge in [0, 0.05) is 6.04 Å². The Balaban J connectivity index is 2.07. The second-order valence-corrected chi connectivity index (χ2v) is 5.25. The first-order valence-electron chi connectivity index (χ1n) is 5.91. The summed E-state index contributed by atoms with van der Waals surface area (Å²) < 4.78 is 13.2. The van der Waals surface area contributed by atoms with E-state index < -0.39 is 0 Å². The Hall–Kier alpha value is -1.23. The zero-order chi connectivity index (χ0) is 13.0. The molecule has 3 N–H and O–H groups in total. The maximum absolute atomic E-state index is 13.2. The Bertz CT molecular complexity index is 497. The number of hydrogen-bond acceptors (Lipinski definition) is 3.